The molecule has 2 fully saturated rings. The summed E-state index contributed by atoms with van der Waals surface area (Å²) in [5.74, 6) is 1.74. The zero-order chi connectivity index (χ0) is 21.5. The number of hydrogen-bond donors (Lipinski definition) is 0. The number of carbonyl (C=O) groups excluding carboxylic acids is 1. The number of nitrogens with zero attached hydrogens (tertiary/aromatic N) is 4. The Morgan fingerprint density at radius 1 is 1.06 bits per heavy atom. The van der Waals surface area contributed by atoms with Gasteiger partial charge in [0.05, 0.1) is 6.61 Å². The van der Waals surface area contributed by atoms with E-state index in [0.29, 0.717) is 12.5 Å². The van der Waals surface area contributed by atoms with Gasteiger partial charge in [-0.3, -0.25) is 9.69 Å². The van der Waals surface area contributed by atoms with Crippen molar-refractivity contribution in [1.29, 1.82) is 0 Å². The third-order valence-corrected chi connectivity index (χ3v) is 6.38. The molecule has 2 aliphatic heterocycles. The largest absolute Gasteiger partial charge is 0.364 e. The molecule has 2 saturated heterocycles. The first-order valence-electron chi connectivity index (χ1n) is 11.5. The molecule has 31 heavy (non-hydrogen) atoms. The normalized spacial score (nSPS) is 21.1. The Labute approximate surface area is 185 Å². The zero-order valence-electron chi connectivity index (χ0n) is 18.5. The summed E-state index contributed by atoms with van der Waals surface area (Å²) in [6, 6.07) is 16.1. The van der Waals surface area contributed by atoms with E-state index in [1.165, 1.54) is 6.42 Å². The summed E-state index contributed by atoms with van der Waals surface area (Å²) in [6.07, 6.45) is 3.74. The van der Waals surface area contributed by atoms with E-state index < -0.39 is 6.10 Å². The van der Waals surface area contributed by atoms with Gasteiger partial charge in [-0.05, 0) is 43.4 Å². The molecule has 0 aliphatic carbocycles. The summed E-state index contributed by atoms with van der Waals surface area (Å²) < 4.78 is 5.87. The van der Waals surface area contributed by atoms with Gasteiger partial charge in [0.25, 0.3) is 5.91 Å². The number of piperidine rings is 1. The van der Waals surface area contributed by atoms with Crippen LogP contribution in [0.3, 0.4) is 0 Å². The van der Waals surface area contributed by atoms with E-state index in [1.54, 1.807) is 0 Å². The van der Waals surface area contributed by atoms with Gasteiger partial charge >= 0.3 is 0 Å². The number of aromatic nitrogens is 1. The minimum atomic E-state index is -0.402. The van der Waals surface area contributed by atoms with Gasteiger partial charge in [0, 0.05) is 52.0 Å². The molecular formula is C25H34N4O2. The highest BCUT2D eigenvalue weighted by Gasteiger charge is 2.29. The summed E-state index contributed by atoms with van der Waals surface area (Å²) in [4.78, 5) is 24.3. The van der Waals surface area contributed by atoms with Gasteiger partial charge in [0.1, 0.15) is 11.9 Å². The highest BCUT2D eigenvalue weighted by molar-refractivity contribution is 5.80. The molecule has 0 radical (unpaired) electrons. The molecule has 2 atom stereocenters. The van der Waals surface area contributed by atoms with Crippen molar-refractivity contribution in [3.05, 3.63) is 60.3 Å². The van der Waals surface area contributed by atoms with Gasteiger partial charge in [0.2, 0.25) is 0 Å². The Balaban J connectivity index is 1.21. The van der Waals surface area contributed by atoms with E-state index in [2.05, 4.69) is 20.9 Å². The molecule has 0 spiro atoms. The number of likely N-dealkylation sites (tertiary alicyclic amines) is 1. The van der Waals surface area contributed by atoms with Crippen LogP contribution in [0.5, 0.6) is 0 Å². The maximum absolute atomic E-state index is 12.9. The van der Waals surface area contributed by atoms with Gasteiger partial charge < -0.3 is 14.5 Å². The van der Waals surface area contributed by atoms with Crippen molar-refractivity contribution in [2.24, 2.45) is 5.92 Å². The molecule has 0 bridgehead atoms. The van der Waals surface area contributed by atoms with Crippen LogP contribution < -0.4 is 4.90 Å². The van der Waals surface area contributed by atoms with Crippen molar-refractivity contribution in [1.82, 2.24) is 14.8 Å². The first-order chi connectivity index (χ1) is 15.2. The van der Waals surface area contributed by atoms with Crippen molar-refractivity contribution in [2.45, 2.75) is 32.5 Å². The summed E-state index contributed by atoms with van der Waals surface area (Å²) in [5.41, 5.74) is 1.10. The van der Waals surface area contributed by atoms with E-state index in [-0.39, 0.29) is 5.91 Å². The summed E-state index contributed by atoms with van der Waals surface area (Å²) in [6.45, 7) is 9.25. The Morgan fingerprint density at radius 2 is 1.84 bits per heavy atom. The number of benzene rings is 1. The number of pyridine rings is 1. The lowest BCUT2D eigenvalue weighted by Gasteiger charge is -2.40. The molecule has 1 amide bonds. The summed E-state index contributed by atoms with van der Waals surface area (Å²) >= 11 is 0. The molecule has 166 valence electrons. The molecule has 6 nitrogen and oxygen atoms in total. The van der Waals surface area contributed by atoms with Gasteiger partial charge in [-0.25, -0.2) is 4.98 Å². The molecule has 0 N–H and O–H groups in total. The Hall–Kier alpha value is -2.44. The maximum atomic E-state index is 12.9. The second-order valence-electron chi connectivity index (χ2n) is 8.71. The van der Waals surface area contributed by atoms with Crippen LogP contribution in [0.2, 0.25) is 0 Å². The summed E-state index contributed by atoms with van der Waals surface area (Å²) in [5, 5.41) is 0. The van der Waals surface area contributed by atoms with Crippen LogP contribution in [0, 0.1) is 5.92 Å². The molecule has 2 unspecified atom stereocenters. The SMILES string of the molecule is CC(OCc1ccccc1)C(=O)N1CCCC(CN2CCN(c3ccccn3)CC2)C1. The fourth-order valence-corrected chi connectivity index (χ4v) is 4.60. The zero-order valence-corrected chi connectivity index (χ0v) is 18.5. The maximum Gasteiger partial charge on any atom is 0.251 e. The van der Waals surface area contributed by atoms with E-state index in [4.69, 9.17) is 4.74 Å². The van der Waals surface area contributed by atoms with Crippen LogP contribution >= 0.6 is 0 Å². The number of hydrogen-bond acceptors (Lipinski definition) is 5. The first kappa shape index (κ1) is 21.8. The minimum absolute atomic E-state index is 0.126. The summed E-state index contributed by atoms with van der Waals surface area (Å²) in [7, 11) is 0. The van der Waals surface area contributed by atoms with E-state index in [1.807, 2.05) is 60.5 Å². The smallest absolute Gasteiger partial charge is 0.251 e. The van der Waals surface area contributed by atoms with Crippen LogP contribution in [0.1, 0.15) is 25.3 Å². The number of anilines is 1. The quantitative estimate of drug-likeness (QED) is 0.686. The Bertz CT molecular complexity index is 809. The van der Waals surface area contributed by atoms with Crippen LogP contribution in [-0.2, 0) is 16.1 Å². The second-order valence-corrected chi connectivity index (χ2v) is 8.71. The van der Waals surface area contributed by atoms with Gasteiger partial charge in [0.15, 0.2) is 0 Å². The molecule has 3 heterocycles. The van der Waals surface area contributed by atoms with E-state index in [0.717, 1.165) is 63.6 Å². The lowest BCUT2D eigenvalue weighted by Crippen LogP contribution is -2.51. The topological polar surface area (TPSA) is 48.9 Å². The average molecular weight is 423 g/mol. The lowest BCUT2D eigenvalue weighted by atomic mass is 9.96. The van der Waals surface area contributed by atoms with Crippen molar-refractivity contribution in [2.75, 3.05) is 50.7 Å². The Kier molecular flexibility index (Phi) is 7.54. The van der Waals surface area contributed by atoms with Crippen molar-refractivity contribution in [3.8, 4) is 0 Å². The van der Waals surface area contributed by atoms with Gasteiger partial charge in [-0.1, -0.05) is 36.4 Å². The number of carbonyl (C=O) groups is 1. The second kappa shape index (κ2) is 10.7. The fourth-order valence-electron chi connectivity index (χ4n) is 4.60. The minimum Gasteiger partial charge on any atom is -0.364 e. The highest BCUT2D eigenvalue weighted by atomic mass is 16.5. The number of piperazine rings is 1. The molecule has 2 aliphatic rings. The molecule has 6 heteroatoms. The highest BCUT2D eigenvalue weighted by Crippen LogP contribution is 2.21. The molecule has 2 aromatic rings. The van der Waals surface area contributed by atoms with Crippen molar-refractivity contribution >= 4 is 11.7 Å². The third-order valence-electron chi connectivity index (χ3n) is 6.38. The average Bonchev–Trinajstić information content (AvgIpc) is 2.84. The van der Waals surface area contributed by atoms with Crippen LogP contribution in [0.4, 0.5) is 5.82 Å². The standard InChI is InChI=1S/C25H34N4O2/c1-21(31-20-22-8-3-2-4-9-22)25(30)29-13-7-10-23(19-29)18-27-14-16-28(17-15-27)24-11-5-6-12-26-24/h2-6,8-9,11-12,21,23H,7,10,13-20H2,1H3. The van der Waals surface area contributed by atoms with E-state index >= 15 is 0 Å². The van der Waals surface area contributed by atoms with Crippen LogP contribution in [0.15, 0.2) is 54.7 Å². The van der Waals surface area contributed by atoms with Crippen molar-refractivity contribution in [3.63, 3.8) is 0 Å². The van der Waals surface area contributed by atoms with Crippen molar-refractivity contribution < 1.29 is 9.53 Å². The van der Waals surface area contributed by atoms with Gasteiger partial charge in [-0.15, -0.1) is 0 Å². The predicted molar refractivity (Wildman–Crippen MR) is 123 cm³/mol. The molecule has 4 rings (SSSR count). The monoisotopic (exact) mass is 422 g/mol. The number of amides is 1. The molecule has 0 saturated carbocycles. The molecular weight excluding hydrogens is 388 g/mol. The molecule has 1 aromatic carbocycles. The van der Waals surface area contributed by atoms with Crippen LogP contribution in [-0.4, -0.2) is 72.6 Å². The number of ether oxygens (including phenoxy) is 1. The van der Waals surface area contributed by atoms with Gasteiger partial charge in [-0.2, -0.15) is 0 Å². The first-order valence-corrected chi connectivity index (χ1v) is 11.5. The lowest BCUT2D eigenvalue weighted by molar-refractivity contribution is -0.145. The third kappa shape index (κ3) is 6.05. The van der Waals surface area contributed by atoms with E-state index in [9.17, 15) is 4.79 Å². The Morgan fingerprint density at radius 3 is 2.58 bits per heavy atom. The molecule has 1 aromatic heterocycles. The fraction of sp³-hybridized carbons (Fsp3) is 0.520. The predicted octanol–water partition coefficient (Wildman–Crippen LogP) is 3.05. The number of rotatable bonds is 7. The van der Waals surface area contributed by atoms with Crippen LogP contribution in [0.25, 0.3) is 0 Å².